The van der Waals surface area contributed by atoms with Crippen molar-refractivity contribution in [3.05, 3.63) is 65.7 Å². The maximum Gasteiger partial charge on any atom is 0.256 e. The van der Waals surface area contributed by atoms with E-state index in [1.54, 1.807) is 46.2 Å². The van der Waals surface area contributed by atoms with E-state index in [-0.39, 0.29) is 23.5 Å². The average Bonchev–Trinajstić information content (AvgIpc) is 2.73. The molecule has 0 atom stereocenters. The zero-order valence-electron chi connectivity index (χ0n) is 14.8. The molecule has 0 bridgehead atoms. The summed E-state index contributed by atoms with van der Waals surface area (Å²) in [5, 5.41) is 0. The van der Waals surface area contributed by atoms with Crippen LogP contribution in [-0.2, 0) is 0 Å². The van der Waals surface area contributed by atoms with Crippen molar-refractivity contribution < 1.29 is 9.59 Å². The number of para-hydroxylation sites is 1. The van der Waals surface area contributed by atoms with Crippen molar-refractivity contribution in [2.75, 3.05) is 32.1 Å². The molecular weight excluding hydrogens is 364 g/mol. The number of benzene rings is 2. The highest BCUT2D eigenvalue weighted by Gasteiger charge is 2.26. The molecule has 0 radical (unpaired) electrons. The molecule has 0 spiro atoms. The zero-order valence-corrected chi connectivity index (χ0v) is 15.6. The number of piperazine rings is 1. The number of nitrogens with two attached hydrogens (primary N) is 1. The summed E-state index contributed by atoms with van der Waals surface area (Å²) in [4.78, 5) is 33.2. The average molecular weight is 385 g/mol. The van der Waals surface area contributed by atoms with E-state index in [1.165, 1.54) is 0 Å². The van der Waals surface area contributed by atoms with Crippen molar-refractivity contribution in [2.45, 2.75) is 0 Å². The first-order chi connectivity index (χ1) is 13.1. The van der Waals surface area contributed by atoms with Crippen LogP contribution in [0.4, 0.5) is 5.69 Å². The van der Waals surface area contributed by atoms with Gasteiger partial charge in [-0.1, -0.05) is 30.3 Å². The molecule has 2 aromatic carbocycles. The van der Waals surface area contributed by atoms with Crippen molar-refractivity contribution >= 4 is 34.9 Å². The molecule has 1 aliphatic heterocycles. The molecule has 140 valence electrons. The fourth-order valence-corrected chi connectivity index (χ4v) is 3.04. The van der Waals surface area contributed by atoms with Crippen LogP contribution in [0.15, 0.2) is 59.6 Å². The van der Waals surface area contributed by atoms with Crippen LogP contribution in [0.1, 0.15) is 20.7 Å². The molecule has 3 rings (SSSR count). The van der Waals surface area contributed by atoms with Gasteiger partial charge in [0.05, 0.1) is 17.1 Å². The number of amides is 2. The van der Waals surface area contributed by atoms with Gasteiger partial charge in [0.1, 0.15) is 5.84 Å². The number of nitrogens with zero attached hydrogens (tertiary/aromatic N) is 3. The van der Waals surface area contributed by atoms with Crippen LogP contribution in [-0.4, -0.2) is 59.5 Å². The summed E-state index contributed by atoms with van der Waals surface area (Å²) in [7, 11) is 0. The van der Waals surface area contributed by atoms with Crippen molar-refractivity contribution in [1.82, 2.24) is 9.80 Å². The molecule has 2 amide bonds. The highest BCUT2D eigenvalue weighted by Crippen LogP contribution is 2.21. The number of carbonyl (C=O) groups excluding carboxylic acids is 2. The second kappa shape index (κ2) is 8.68. The molecule has 1 fully saturated rings. The number of alkyl halides is 1. The molecule has 1 heterocycles. The minimum atomic E-state index is -0.122. The molecule has 0 aliphatic carbocycles. The van der Waals surface area contributed by atoms with Gasteiger partial charge < -0.3 is 15.5 Å². The second-order valence-corrected chi connectivity index (χ2v) is 6.47. The smallest absolute Gasteiger partial charge is 0.256 e. The molecule has 1 saturated heterocycles. The molecule has 2 aromatic rings. The molecule has 0 saturated carbocycles. The maximum absolute atomic E-state index is 12.9. The first kappa shape index (κ1) is 18.9. The van der Waals surface area contributed by atoms with E-state index in [1.807, 2.05) is 18.2 Å². The third-order valence-corrected chi connectivity index (χ3v) is 4.68. The summed E-state index contributed by atoms with van der Waals surface area (Å²) in [6, 6.07) is 16.2. The Labute approximate surface area is 163 Å². The number of amidine groups is 1. The van der Waals surface area contributed by atoms with E-state index in [4.69, 9.17) is 17.3 Å². The third-order valence-electron chi connectivity index (χ3n) is 4.41. The summed E-state index contributed by atoms with van der Waals surface area (Å²) >= 11 is 5.69. The Kier molecular flexibility index (Phi) is 6.08. The fourth-order valence-electron chi connectivity index (χ4n) is 2.98. The van der Waals surface area contributed by atoms with Gasteiger partial charge in [-0.15, -0.1) is 11.6 Å². The summed E-state index contributed by atoms with van der Waals surface area (Å²) in [5.74, 6) is 0.226. The molecule has 7 heteroatoms. The molecule has 2 N–H and O–H groups in total. The lowest BCUT2D eigenvalue weighted by Crippen LogP contribution is -2.50. The van der Waals surface area contributed by atoms with Crippen molar-refractivity contribution in [3.63, 3.8) is 0 Å². The number of rotatable bonds is 4. The van der Waals surface area contributed by atoms with E-state index in [9.17, 15) is 9.59 Å². The van der Waals surface area contributed by atoms with Crippen LogP contribution in [0.2, 0.25) is 0 Å². The Balaban J connectivity index is 1.68. The summed E-state index contributed by atoms with van der Waals surface area (Å²) in [6.07, 6.45) is 0. The number of carbonyl (C=O) groups is 2. The number of aliphatic imine (C=N–C) groups is 1. The van der Waals surface area contributed by atoms with Crippen LogP contribution in [0.5, 0.6) is 0 Å². The normalized spacial score (nSPS) is 14.9. The topological polar surface area (TPSA) is 79.0 Å². The van der Waals surface area contributed by atoms with Crippen LogP contribution in [0.3, 0.4) is 0 Å². The Morgan fingerprint density at radius 1 is 0.889 bits per heavy atom. The molecule has 27 heavy (non-hydrogen) atoms. The van der Waals surface area contributed by atoms with E-state index in [2.05, 4.69) is 4.99 Å². The minimum absolute atomic E-state index is 0.0115. The van der Waals surface area contributed by atoms with E-state index in [0.29, 0.717) is 43.0 Å². The molecule has 0 unspecified atom stereocenters. The van der Waals surface area contributed by atoms with Crippen molar-refractivity contribution in [1.29, 1.82) is 0 Å². The SMILES string of the molecule is NC(CCl)=Nc1ccccc1C(=O)N1CCN(C(=O)c2ccccc2)CC1. The van der Waals surface area contributed by atoms with E-state index in [0.717, 1.165) is 0 Å². The van der Waals surface area contributed by atoms with Gasteiger partial charge in [0.25, 0.3) is 11.8 Å². The fraction of sp³-hybridized carbons (Fsp3) is 0.250. The molecule has 1 aliphatic rings. The van der Waals surface area contributed by atoms with Gasteiger partial charge in [0, 0.05) is 31.7 Å². The van der Waals surface area contributed by atoms with Gasteiger partial charge in [-0.2, -0.15) is 0 Å². The zero-order chi connectivity index (χ0) is 19.2. The van der Waals surface area contributed by atoms with Gasteiger partial charge >= 0.3 is 0 Å². The number of halogens is 1. The Morgan fingerprint density at radius 2 is 1.44 bits per heavy atom. The van der Waals surface area contributed by atoms with Gasteiger partial charge in [-0.05, 0) is 24.3 Å². The lowest BCUT2D eigenvalue weighted by atomic mass is 10.1. The summed E-state index contributed by atoms with van der Waals surface area (Å²) in [6.45, 7) is 1.93. The van der Waals surface area contributed by atoms with Crippen LogP contribution in [0.25, 0.3) is 0 Å². The third kappa shape index (κ3) is 4.46. The molecule has 6 nitrogen and oxygen atoms in total. The van der Waals surface area contributed by atoms with Crippen molar-refractivity contribution in [2.24, 2.45) is 10.7 Å². The van der Waals surface area contributed by atoms with Gasteiger partial charge in [0.2, 0.25) is 0 Å². The highest BCUT2D eigenvalue weighted by molar-refractivity contribution is 6.28. The van der Waals surface area contributed by atoms with Gasteiger partial charge in [0.15, 0.2) is 0 Å². The first-order valence-corrected chi connectivity index (χ1v) is 9.25. The highest BCUT2D eigenvalue weighted by atomic mass is 35.5. The Morgan fingerprint density at radius 3 is 2.07 bits per heavy atom. The van der Waals surface area contributed by atoms with Crippen molar-refractivity contribution in [3.8, 4) is 0 Å². The van der Waals surface area contributed by atoms with E-state index < -0.39 is 0 Å². The lowest BCUT2D eigenvalue weighted by molar-refractivity contribution is 0.0536. The first-order valence-electron chi connectivity index (χ1n) is 8.72. The maximum atomic E-state index is 12.9. The Bertz CT molecular complexity index is 846. The lowest BCUT2D eigenvalue weighted by Gasteiger charge is -2.35. The predicted molar refractivity (Wildman–Crippen MR) is 107 cm³/mol. The molecule has 0 aromatic heterocycles. The minimum Gasteiger partial charge on any atom is -0.386 e. The van der Waals surface area contributed by atoms with Crippen LogP contribution < -0.4 is 5.73 Å². The predicted octanol–water partition coefficient (Wildman–Crippen LogP) is 2.51. The largest absolute Gasteiger partial charge is 0.386 e. The number of hydrogen-bond acceptors (Lipinski definition) is 3. The van der Waals surface area contributed by atoms with Gasteiger partial charge in [-0.25, -0.2) is 4.99 Å². The standard InChI is InChI=1S/C20H21ClN4O2/c21-14-18(22)23-17-9-5-4-8-16(17)20(27)25-12-10-24(11-13-25)19(26)15-6-2-1-3-7-15/h1-9H,10-14H2,(H2,22,23). The summed E-state index contributed by atoms with van der Waals surface area (Å²) in [5.41, 5.74) is 7.35. The summed E-state index contributed by atoms with van der Waals surface area (Å²) < 4.78 is 0. The number of hydrogen-bond donors (Lipinski definition) is 1. The van der Waals surface area contributed by atoms with Crippen LogP contribution in [0, 0.1) is 0 Å². The Hall–Kier alpha value is -2.86. The quantitative estimate of drug-likeness (QED) is 0.499. The monoisotopic (exact) mass is 384 g/mol. The van der Waals surface area contributed by atoms with Gasteiger partial charge in [-0.3, -0.25) is 9.59 Å². The van der Waals surface area contributed by atoms with E-state index >= 15 is 0 Å². The van der Waals surface area contributed by atoms with Crippen LogP contribution >= 0.6 is 11.6 Å². The molecular formula is C20H21ClN4O2. The second-order valence-electron chi connectivity index (χ2n) is 6.20.